The summed E-state index contributed by atoms with van der Waals surface area (Å²) in [5.74, 6) is -2.15. The maximum Gasteiger partial charge on any atom is 0.416 e. The Morgan fingerprint density at radius 1 is 0.939 bits per heavy atom. The van der Waals surface area contributed by atoms with Crippen molar-refractivity contribution < 1.29 is 31.9 Å². The molecule has 2 amide bonds. The molecule has 0 unspecified atom stereocenters. The summed E-state index contributed by atoms with van der Waals surface area (Å²) in [6.07, 6.45) is -3.31. The van der Waals surface area contributed by atoms with Gasteiger partial charge < -0.3 is 10.1 Å². The van der Waals surface area contributed by atoms with E-state index in [4.69, 9.17) is 4.74 Å². The molecule has 33 heavy (non-hydrogen) atoms. The highest BCUT2D eigenvalue weighted by Gasteiger charge is 2.30. The minimum atomic E-state index is -4.58. The van der Waals surface area contributed by atoms with E-state index in [2.05, 4.69) is 10.4 Å². The van der Waals surface area contributed by atoms with E-state index in [9.17, 15) is 27.2 Å². The Balaban J connectivity index is 1.49. The van der Waals surface area contributed by atoms with Crippen molar-refractivity contribution in [1.29, 1.82) is 0 Å². The molecule has 0 spiro atoms. The van der Waals surface area contributed by atoms with E-state index in [0.717, 1.165) is 12.1 Å². The zero-order valence-electron chi connectivity index (χ0n) is 16.9. The number of benzene rings is 3. The lowest BCUT2D eigenvalue weighted by Gasteiger charge is -2.09. The molecule has 6 nitrogen and oxygen atoms in total. The van der Waals surface area contributed by atoms with Crippen molar-refractivity contribution in [2.24, 2.45) is 5.10 Å². The van der Waals surface area contributed by atoms with Crippen molar-refractivity contribution in [3.8, 4) is 5.75 Å². The third-order valence-corrected chi connectivity index (χ3v) is 4.21. The van der Waals surface area contributed by atoms with Crippen LogP contribution in [0.25, 0.3) is 0 Å². The van der Waals surface area contributed by atoms with Crippen molar-refractivity contribution >= 4 is 23.7 Å². The molecular formula is C23H17F4N3O3. The van der Waals surface area contributed by atoms with Gasteiger partial charge in [-0.1, -0.05) is 18.2 Å². The van der Waals surface area contributed by atoms with Crippen LogP contribution in [0.15, 0.2) is 77.9 Å². The summed E-state index contributed by atoms with van der Waals surface area (Å²) in [6.45, 7) is 0.183. The number of anilines is 1. The summed E-state index contributed by atoms with van der Waals surface area (Å²) in [7, 11) is 0. The van der Waals surface area contributed by atoms with Crippen LogP contribution >= 0.6 is 0 Å². The monoisotopic (exact) mass is 459 g/mol. The Morgan fingerprint density at radius 3 is 2.36 bits per heavy atom. The van der Waals surface area contributed by atoms with Crippen molar-refractivity contribution in [3.63, 3.8) is 0 Å². The van der Waals surface area contributed by atoms with Gasteiger partial charge in [-0.25, -0.2) is 9.82 Å². The lowest BCUT2D eigenvalue weighted by atomic mass is 10.2. The van der Waals surface area contributed by atoms with Gasteiger partial charge in [0.05, 0.1) is 11.8 Å². The molecule has 2 N–H and O–H groups in total. The van der Waals surface area contributed by atoms with Crippen LogP contribution in [0.3, 0.4) is 0 Å². The van der Waals surface area contributed by atoms with Crippen LogP contribution < -0.4 is 15.5 Å². The molecule has 170 valence electrons. The number of hydrogen-bond donors (Lipinski definition) is 2. The minimum Gasteiger partial charge on any atom is -0.489 e. The van der Waals surface area contributed by atoms with E-state index in [0.29, 0.717) is 22.9 Å². The maximum absolute atomic E-state index is 13.2. The first-order chi connectivity index (χ1) is 15.7. The second-order valence-corrected chi connectivity index (χ2v) is 6.72. The van der Waals surface area contributed by atoms with Gasteiger partial charge in [0.2, 0.25) is 0 Å². The van der Waals surface area contributed by atoms with E-state index >= 15 is 0 Å². The molecular weight excluding hydrogens is 442 g/mol. The molecule has 0 aliphatic heterocycles. The topological polar surface area (TPSA) is 79.8 Å². The Kier molecular flexibility index (Phi) is 7.39. The highest BCUT2D eigenvalue weighted by Crippen LogP contribution is 2.30. The molecule has 0 heterocycles. The Hall–Kier alpha value is -4.21. The van der Waals surface area contributed by atoms with Gasteiger partial charge in [0.15, 0.2) is 0 Å². The van der Waals surface area contributed by atoms with Crippen molar-refractivity contribution in [2.45, 2.75) is 12.8 Å². The number of ether oxygens (including phenoxy) is 1. The molecule has 3 rings (SSSR count). The van der Waals surface area contributed by atoms with Gasteiger partial charge >= 0.3 is 18.0 Å². The highest BCUT2D eigenvalue weighted by molar-refractivity contribution is 6.39. The normalized spacial score (nSPS) is 11.3. The number of hydrazone groups is 1. The van der Waals surface area contributed by atoms with Crippen LogP contribution in [0.2, 0.25) is 0 Å². The second-order valence-electron chi connectivity index (χ2n) is 6.72. The zero-order valence-corrected chi connectivity index (χ0v) is 16.9. The molecule has 10 heteroatoms. The summed E-state index contributed by atoms with van der Waals surface area (Å²) in [6, 6.07) is 16.5. The largest absolute Gasteiger partial charge is 0.489 e. The summed E-state index contributed by atoms with van der Waals surface area (Å²) >= 11 is 0. The SMILES string of the molecule is O=C(N/N=C/c1ccc(OCc2cccc(F)c2)cc1)C(=O)Nc1cccc(C(F)(F)F)c1. The lowest BCUT2D eigenvalue weighted by Crippen LogP contribution is -2.32. The molecule has 0 bridgehead atoms. The first-order valence-electron chi connectivity index (χ1n) is 9.50. The fourth-order valence-corrected chi connectivity index (χ4v) is 2.62. The number of nitrogens with one attached hydrogen (secondary N) is 2. The first-order valence-corrected chi connectivity index (χ1v) is 9.50. The van der Waals surface area contributed by atoms with Gasteiger partial charge in [-0.2, -0.15) is 18.3 Å². The average molecular weight is 459 g/mol. The predicted octanol–water partition coefficient (Wildman–Crippen LogP) is 4.51. The third-order valence-electron chi connectivity index (χ3n) is 4.21. The first kappa shape index (κ1) is 23.5. The third kappa shape index (κ3) is 7.17. The summed E-state index contributed by atoms with van der Waals surface area (Å²) < 4.78 is 56.9. The quantitative estimate of drug-likeness (QED) is 0.246. The van der Waals surface area contributed by atoms with Gasteiger partial charge in [0.1, 0.15) is 18.2 Å². The average Bonchev–Trinajstić information content (AvgIpc) is 2.78. The molecule has 0 aliphatic carbocycles. The van der Waals surface area contributed by atoms with E-state index in [-0.39, 0.29) is 18.1 Å². The van der Waals surface area contributed by atoms with Crippen LogP contribution in [0.1, 0.15) is 16.7 Å². The van der Waals surface area contributed by atoms with Gasteiger partial charge in [-0.15, -0.1) is 0 Å². The number of hydrogen-bond acceptors (Lipinski definition) is 4. The van der Waals surface area contributed by atoms with E-state index in [1.165, 1.54) is 24.4 Å². The van der Waals surface area contributed by atoms with Crippen LogP contribution in [0.4, 0.5) is 23.2 Å². The number of carbonyl (C=O) groups is 2. The fraction of sp³-hybridized carbons (Fsp3) is 0.0870. The maximum atomic E-state index is 13.2. The molecule has 0 radical (unpaired) electrons. The second kappa shape index (κ2) is 10.4. The Morgan fingerprint density at radius 2 is 1.67 bits per heavy atom. The molecule has 0 fully saturated rings. The van der Waals surface area contributed by atoms with E-state index < -0.39 is 23.6 Å². The van der Waals surface area contributed by atoms with E-state index in [1.807, 2.05) is 5.43 Å². The van der Waals surface area contributed by atoms with Gasteiger partial charge in [-0.3, -0.25) is 9.59 Å². The molecule has 0 aliphatic rings. The van der Waals surface area contributed by atoms with Crippen LogP contribution in [-0.4, -0.2) is 18.0 Å². The molecule has 0 aromatic heterocycles. The molecule has 0 atom stereocenters. The number of amides is 2. The van der Waals surface area contributed by atoms with Crippen molar-refractivity contribution in [1.82, 2.24) is 5.43 Å². The van der Waals surface area contributed by atoms with Crippen LogP contribution in [0.5, 0.6) is 5.75 Å². The summed E-state index contributed by atoms with van der Waals surface area (Å²) in [5.41, 5.74) is 2.11. The number of rotatable bonds is 6. The zero-order chi connectivity index (χ0) is 23.8. The van der Waals surface area contributed by atoms with Gasteiger partial charge in [0.25, 0.3) is 0 Å². The molecule has 0 saturated heterocycles. The van der Waals surface area contributed by atoms with Crippen LogP contribution in [-0.2, 0) is 22.4 Å². The fourth-order valence-electron chi connectivity index (χ4n) is 2.62. The Labute approximate surface area is 185 Å². The number of carbonyl (C=O) groups excluding carboxylic acids is 2. The predicted molar refractivity (Wildman–Crippen MR) is 113 cm³/mol. The lowest BCUT2D eigenvalue weighted by molar-refractivity contribution is -0.137. The Bertz CT molecular complexity index is 1160. The van der Waals surface area contributed by atoms with Gasteiger partial charge in [0, 0.05) is 5.69 Å². The highest BCUT2D eigenvalue weighted by atomic mass is 19.4. The smallest absolute Gasteiger partial charge is 0.416 e. The molecule has 3 aromatic rings. The minimum absolute atomic E-state index is 0.178. The van der Waals surface area contributed by atoms with Crippen LogP contribution in [0, 0.1) is 5.82 Å². The molecule has 3 aromatic carbocycles. The number of halogens is 4. The standard InChI is InChI=1S/C23H17F4N3O3/c24-18-5-1-3-16(11-18)14-33-20-9-7-15(8-10-20)13-28-30-22(32)21(31)29-19-6-2-4-17(12-19)23(25,26)27/h1-13H,14H2,(H,29,31)(H,30,32)/b28-13+. The number of nitrogens with zero attached hydrogens (tertiary/aromatic N) is 1. The molecule has 0 saturated carbocycles. The van der Waals surface area contributed by atoms with E-state index in [1.54, 1.807) is 36.4 Å². The summed E-state index contributed by atoms with van der Waals surface area (Å²) in [4.78, 5) is 23.7. The van der Waals surface area contributed by atoms with Crippen molar-refractivity contribution in [2.75, 3.05) is 5.32 Å². The summed E-state index contributed by atoms with van der Waals surface area (Å²) in [5, 5.41) is 5.72. The number of alkyl halides is 3. The van der Waals surface area contributed by atoms with Crippen molar-refractivity contribution in [3.05, 3.63) is 95.3 Å². The van der Waals surface area contributed by atoms with Gasteiger partial charge in [-0.05, 0) is 65.7 Å².